The van der Waals surface area contributed by atoms with Crippen LogP contribution in [0.2, 0.25) is 0 Å². The number of amides is 2. The molecule has 1 N–H and O–H groups in total. The van der Waals surface area contributed by atoms with E-state index in [0.29, 0.717) is 13.0 Å². The van der Waals surface area contributed by atoms with Crippen molar-refractivity contribution in [1.82, 2.24) is 9.80 Å². The molecule has 3 rings (SSSR count). The van der Waals surface area contributed by atoms with Crippen LogP contribution in [0.5, 0.6) is 0 Å². The lowest BCUT2D eigenvalue weighted by molar-refractivity contribution is -0.129. The van der Waals surface area contributed by atoms with E-state index in [-0.39, 0.29) is 23.8 Å². The summed E-state index contributed by atoms with van der Waals surface area (Å²) >= 11 is 0. The molecule has 0 aromatic heterocycles. The molecule has 0 saturated carbocycles. The summed E-state index contributed by atoms with van der Waals surface area (Å²) in [4.78, 5) is 28.5. The molecule has 2 aliphatic rings. The van der Waals surface area contributed by atoms with E-state index in [9.17, 15) is 9.59 Å². The molecule has 25 heavy (non-hydrogen) atoms. The summed E-state index contributed by atoms with van der Waals surface area (Å²) in [5.74, 6) is -0.267. The molecule has 2 aliphatic heterocycles. The molecule has 0 radical (unpaired) electrons. The molecule has 0 spiro atoms. The third-order valence-electron chi connectivity index (χ3n) is 4.88. The first kappa shape index (κ1) is 17.9. The molecule has 0 aliphatic carbocycles. The third-order valence-corrected chi connectivity index (χ3v) is 4.88. The first-order valence-electron chi connectivity index (χ1n) is 9.02. The first-order valence-corrected chi connectivity index (χ1v) is 9.02. The van der Waals surface area contributed by atoms with Crippen molar-refractivity contribution in [3.05, 3.63) is 29.8 Å². The van der Waals surface area contributed by atoms with Gasteiger partial charge in [0.25, 0.3) is 0 Å². The van der Waals surface area contributed by atoms with Crippen LogP contribution in [0.25, 0.3) is 0 Å². The molecule has 6 heteroatoms. The van der Waals surface area contributed by atoms with Crippen LogP contribution in [0, 0.1) is 5.92 Å². The van der Waals surface area contributed by atoms with Gasteiger partial charge in [-0.1, -0.05) is 12.1 Å². The molecule has 6 nitrogen and oxygen atoms in total. The van der Waals surface area contributed by atoms with Gasteiger partial charge < -0.3 is 15.0 Å². The smallest absolute Gasteiger partial charge is 0.229 e. The SMILES string of the molecule is CC(C)N1CC(C(=O)Nc2ccc(CN3CCOCC3)cc2)CC1=O. The number of likely N-dealkylation sites (tertiary alicyclic amines) is 1. The standard InChI is InChI=1S/C19H27N3O3/c1-14(2)22-13-16(11-18(22)23)19(24)20-17-5-3-15(4-6-17)12-21-7-9-25-10-8-21/h3-6,14,16H,7-13H2,1-2H3,(H,20,24). The maximum atomic E-state index is 12.4. The number of carbonyl (C=O) groups is 2. The van der Waals surface area contributed by atoms with Gasteiger partial charge in [-0.3, -0.25) is 14.5 Å². The van der Waals surface area contributed by atoms with Crippen LogP contribution in [-0.4, -0.2) is 60.5 Å². The lowest BCUT2D eigenvalue weighted by Gasteiger charge is -2.26. The van der Waals surface area contributed by atoms with Gasteiger partial charge in [0.15, 0.2) is 0 Å². The summed E-state index contributed by atoms with van der Waals surface area (Å²) in [6, 6.07) is 8.11. The van der Waals surface area contributed by atoms with Gasteiger partial charge in [0.1, 0.15) is 0 Å². The highest BCUT2D eigenvalue weighted by Gasteiger charge is 2.35. The number of benzene rings is 1. The van der Waals surface area contributed by atoms with E-state index in [4.69, 9.17) is 4.74 Å². The molecule has 136 valence electrons. The molecule has 0 bridgehead atoms. The van der Waals surface area contributed by atoms with Gasteiger partial charge in [0, 0.05) is 44.3 Å². The average molecular weight is 345 g/mol. The Labute approximate surface area is 149 Å². The second kappa shape index (κ2) is 7.97. The van der Waals surface area contributed by atoms with Crippen LogP contribution in [0.3, 0.4) is 0 Å². The Morgan fingerprint density at radius 2 is 1.92 bits per heavy atom. The van der Waals surface area contributed by atoms with Crippen molar-refractivity contribution < 1.29 is 14.3 Å². The van der Waals surface area contributed by atoms with Crippen LogP contribution in [0.4, 0.5) is 5.69 Å². The Balaban J connectivity index is 1.52. The Hall–Kier alpha value is -1.92. The number of anilines is 1. The zero-order valence-corrected chi connectivity index (χ0v) is 15.0. The van der Waals surface area contributed by atoms with E-state index in [1.54, 1.807) is 4.90 Å². The summed E-state index contributed by atoms with van der Waals surface area (Å²) < 4.78 is 5.36. The fraction of sp³-hybridized carbons (Fsp3) is 0.579. The highest BCUT2D eigenvalue weighted by molar-refractivity contribution is 5.97. The van der Waals surface area contributed by atoms with Crippen molar-refractivity contribution in [3.63, 3.8) is 0 Å². The third kappa shape index (κ3) is 4.58. The van der Waals surface area contributed by atoms with Gasteiger partial charge in [-0.2, -0.15) is 0 Å². The summed E-state index contributed by atoms with van der Waals surface area (Å²) in [6.07, 6.45) is 0.305. The molecule has 1 aromatic rings. The van der Waals surface area contributed by atoms with Gasteiger partial charge in [0.2, 0.25) is 11.8 Å². The van der Waals surface area contributed by atoms with E-state index < -0.39 is 0 Å². The summed E-state index contributed by atoms with van der Waals surface area (Å²) in [5.41, 5.74) is 2.01. The molecule has 2 fully saturated rings. The zero-order chi connectivity index (χ0) is 17.8. The second-order valence-electron chi connectivity index (χ2n) is 7.12. The molecule has 2 heterocycles. The number of morpholine rings is 1. The van der Waals surface area contributed by atoms with Gasteiger partial charge in [-0.15, -0.1) is 0 Å². The van der Waals surface area contributed by atoms with Gasteiger partial charge in [-0.25, -0.2) is 0 Å². The van der Waals surface area contributed by atoms with Gasteiger partial charge >= 0.3 is 0 Å². The lowest BCUT2D eigenvalue weighted by atomic mass is 10.1. The highest BCUT2D eigenvalue weighted by atomic mass is 16.5. The van der Waals surface area contributed by atoms with Crippen LogP contribution in [0.15, 0.2) is 24.3 Å². The first-order chi connectivity index (χ1) is 12.0. The number of hydrogen-bond donors (Lipinski definition) is 1. The minimum absolute atomic E-state index is 0.0657. The van der Waals surface area contributed by atoms with Crippen molar-refractivity contribution in [1.29, 1.82) is 0 Å². The van der Waals surface area contributed by atoms with Crippen LogP contribution < -0.4 is 5.32 Å². The van der Waals surface area contributed by atoms with Crippen molar-refractivity contribution in [2.24, 2.45) is 5.92 Å². The monoisotopic (exact) mass is 345 g/mol. The summed E-state index contributed by atoms with van der Waals surface area (Å²) in [5, 5.41) is 2.94. The maximum Gasteiger partial charge on any atom is 0.229 e. The topological polar surface area (TPSA) is 61.9 Å². The van der Waals surface area contributed by atoms with E-state index in [1.165, 1.54) is 5.56 Å². The Morgan fingerprint density at radius 3 is 2.52 bits per heavy atom. The van der Waals surface area contributed by atoms with E-state index >= 15 is 0 Å². The van der Waals surface area contributed by atoms with E-state index in [1.807, 2.05) is 38.1 Å². The number of carbonyl (C=O) groups excluding carboxylic acids is 2. The fourth-order valence-corrected chi connectivity index (χ4v) is 3.36. The average Bonchev–Trinajstić information content (AvgIpc) is 3.00. The molecule has 1 aromatic carbocycles. The maximum absolute atomic E-state index is 12.4. The summed E-state index contributed by atoms with van der Waals surface area (Å²) in [6.45, 7) is 8.87. The van der Waals surface area contributed by atoms with Gasteiger partial charge in [-0.05, 0) is 31.5 Å². The lowest BCUT2D eigenvalue weighted by Crippen LogP contribution is -2.35. The van der Waals surface area contributed by atoms with Crippen molar-refractivity contribution in [2.75, 3.05) is 38.2 Å². The van der Waals surface area contributed by atoms with E-state index in [2.05, 4.69) is 10.2 Å². The number of nitrogens with zero attached hydrogens (tertiary/aromatic N) is 2. The zero-order valence-electron chi connectivity index (χ0n) is 15.0. The Bertz CT molecular complexity index is 609. The molecule has 2 amide bonds. The second-order valence-corrected chi connectivity index (χ2v) is 7.12. The van der Waals surface area contributed by atoms with E-state index in [0.717, 1.165) is 38.5 Å². The minimum Gasteiger partial charge on any atom is -0.379 e. The predicted molar refractivity (Wildman–Crippen MR) is 96.1 cm³/mol. The predicted octanol–water partition coefficient (Wildman–Crippen LogP) is 1.71. The van der Waals surface area contributed by atoms with Crippen molar-refractivity contribution in [3.8, 4) is 0 Å². The Morgan fingerprint density at radius 1 is 1.24 bits per heavy atom. The molecular weight excluding hydrogens is 318 g/mol. The molecule has 1 atom stereocenters. The number of nitrogens with one attached hydrogen (secondary N) is 1. The number of rotatable bonds is 5. The highest BCUT2D eigenvalue weighted by Crippen LogP contribution is 2.22. The normalized spacial score (nSPS) is 21.8. The van der Waals surface area contributed by atoms with Crippen molar-refractivity contribution in [2.45, 2.75) is 32.9 Å². The number of ether oxygens (including phenoxy) is 1. The largest absolute Gasteiger partial charge is 0.379 e. The quantitative estimate of drug-likeness (QED) is 0.883. The minimum atomic E-state index is -0.261. The molecular formula is C19H27N3O3. The van der Waals surface area contributed by atoms with Crippen molar-refractivity contribution >= 4 is 17.5 Å². The number of hydrogen-bond acceptors (Lipinski definition) is 4. The fourth-order valence-electron chi connectivity index (χ4n) is 3.36. The van der Waals surface area contributed by atoms with Crippen LogP contribution in [-0.2, 0) is 20.9 Å². The van der Waals surface area contributed by atoms with Gasteiger partial charge in [0.05, 0.1) is 19.1 Å². The molecule has 2 saturated heterocycles. The van der Waals surface area contributed by atoms with Crippen LogP contribution >= 0.6 is 0 Å². The Kier molecular flexibility index (Phi) is 5.71. The summed E-state index contributed by atoms with van der Waals surface area (Å²) in [7, 11) is 0. The molecule has 1 unspecified atom stereocenters. The van der Waals surface area contributed by atoms with Crippen LogP contribution in [0.1, 0.15) is 25.8 Å².